The summed E-state index contributed by atoms with van der Waals surface area (Å²) in [4.78, 5) is 22.3. The van der Waals surface area contributed by atoms with E-state index in [-0.39, 0.29) is 11.9 Å². The molecule has 1 saturated heterocycles. The van der Waals surface area contributed by atoms with E-state index in [1.54, 1.807) is 34.9 Å². The highest BCUT2D eigenvalue weighted by atomic mass is 35.5. The second-order valence-electron chi connectivity index (χ2n) is 7.96. The maximum absolute atomic E-state index is 13.5. The van der Waals surface area contributed by atoms with E-state index in [0.29, 0.717) is 33.7 Å². The Hall–Kier alpha value is -2.20. The van der Waals surface area contributed by atoms with E-state index in [1.807, 2.05) is 20.0 Å². The minimum atomic E-state index is -0.166. The number of benzene rings is 1. The Morgan fingerprint density at radius 2 is 2.09 bits per heavy atom. The smallest absolute Gasteiger partial charge is 0.280 e. The number of hydrogen-bond acceptors (Lipinski definition) is 7. The van der Waals surface area contributed by atoms with Crippen LogP contribution in [0, 0.1) is 0 Å². The van der Waals surface area contributed by atoms with Gasteiger partial charge in [0.1, 0.15) is 11.3 Å². The first-order valence-electron chi connectivity index (χ1n) is 10.8. The van der Waals surface area contributed by atoms with Crippen molar-refractivity contribution in [3.63, 3.8) is 0 Å². The number of thiazole rings is 1. The van der Waals surface area contributed by atoms with Gasteiger partial charge >= 0.3 is 0 Å². The lowest BCUT2D eigenvalue weighted by molar-refractivity contribution is 0.0376. The number of halogens is 1. The molecule has 3 aromatic rings. The molecule has 0 saturated carbocycles. The molecule has 3 heterocycles. The summed E-state index contributed by atoms with van der Waals surface area (Å²) in [5.41, 5.74) is 1.07. The average molecular weight is 478 g/mol. The lowest BCUT2D eigenvalue weighted by Crippen LogP contribution is -2.39. The Morgan fingerprint density at radius 1 is 1.31 bits per heavy atom. The number of morpholine rings is 1. The number of hydrogen-bond donors (Lipinski definition) is 0. The largest absolute Gasteiger partial charge is 0.494 e. The van der Waals surface area contributed by atoms with Gasteiger partial charge in [0, 0.05) is 38.4 Å². The number of fused-ring (bicyclic) bond motifs is 1. The number of amides is 1. The summed E-state index contributed by atoms with van der Waals surface area (Å²) in [6.45, 7) is 8.83. The van der Waals surface area contributed by atoms with Crippen molar-refractivity contribution in [1.29, 1.82) is 0 Å². The number of carbonyl (C=O) groups is 1. The number of anilines is 1. The fraction of sp³-hybridized carbons (Fsp3) is 0.500. The monoisotopic (exact) mass is 477 g/mol. The molecule has 0 radical (unpaired) electrons. The number of methoxy groups -OCH3 is 1. The zero-order valence-corrected chi connectivity index (χ0v) is 20.2. The van der Waals surface area contributed by atoms with Gasteiger partial charge in [-0.15, -0.1) is 0 Å². The first-order valence-corrected chi connectivity index (χ1v) is 12.0. The van der Waals surface area contributed by atoms with Gasteiger partial charge < -0.3 is 9.47 Å². The van der Waals surface area contributed by atoms with Crippen molar-refractivity contribution >= 4 is 44.2 Å². The molecule has 0 aliphatic carbocycles. The van der Waals surface area contributed by atoms with Crippen LogP contribution in [0.5, 0.6) is 5.75 Å². The summed E-state index contributed by atoms with van der Waals surface area (Å²) in [5, 5.41) is 5.67. The number of aromatic nitrogens is 3. The molecule has 4 rings (SSSR count). The van der Waals surface area contributed by atoms with Gasteiger partial charge in [0.2, 0.25) is 0 Å². The van der Waals surface area contributed by atoms with Crippen LogP contribution in [0.2, 0.25) is 5.02 Å². The van der Waals surface area contributed by atoms with E-state index >= 15 is 0 Å². The standard InChI is InChI=1S/C22H28ClN5O3S/c1-15(2)28-10-7-17(25-28)21(29)27(9-4-8-26-11-13-31-14-12-26)22-24-19-18(30-3)6-5-16(23)20(19)32-22/h5-7,10,15H,4,8-9,11-14H2,1-3H3. The van der Waals surface area contributed by atoms with Crippen molar-refractivity contribution in [2.24, 2.45) is 0 Å². The van der Waals surface area contributed by atoms with Crippen molar-refractivity contribution in [2.75, 3.05) is 51.4 Å². The molecular weight excluding hydrogens is 450 g/mol. The Morgan fingerprint density at radius 3 is 2.78 bits per heavy atom. The molecule has 10 heteroatoms. The van der Waals surface area contributed by atoms with E-state index < -0.39 is 0 Å². The summed E-state index contributed by atoms with van der Waals surface area (Å²) in [6, 6.07) is 5.53. The fourth-order valence-corrected chi connectivity index (χ4v) is 4.94. The second-order valence-corrected chi connectivity index (χ2v) is 9.35. The van der Waals surface area contributed by atoms with Gasteiger partial charge in [0.05, 0.1) is 30.0 Å². The molecule has 2 aromatic heterocycles. The Balaban J connectivity index is 1.62. The molecule has 1 aliphatic rings. The quantitative estimate of drug-likeness (QED) is 0.486. The minimum absolute atomic E-state index is 0.166. The Kier molecular flexibility index (Phi) is 7.30. The van der Waals surface area contributed by atoms with Gasteiger partial charge in [0.15, 0.2) is 10.8 Å². The zero-order valence-electron chi connectivity index (χ0n) is 18.6. The predicted molar refractivity (Wildman–Crippen MR) is 127 cm³/mol. The van der Waals surface area contributed by atoms with Crippen molar-refractivity contribution in [3.8, 4) is 5.75 Å². The Bertz CT molecular complexity index is 1080. The lowest BCUT2D eigenvalue weighted by Gasteiger charge is -2.27. The molecular formula is C22H28ClN5O3S. The van der Waals surface area contributed by atoms with E-state index in [1.165, 1.54) is 11.3 Å². The molecule has 0 bridgehead atoms. The fourth-order valence-electron chi connectivity index (χ4n) is 3.66. The molecule has 1 aliphatic heterocycles. The number of nitrogens with zero attached hydrogens (tertiary/aromatic N) is 5. The predicted octanol–water partition coefficient (Wildman–Crippen LogP) is 4.10. The topological polar surface area (TPSA) is 72.7 Å². The van der Waals surface area contributed by atoms with Crippen LogP contribution in [-0.4, -0.2) is 72.1 Å². The van der Waals surface area contributed by atoms with Gasteiger partial charge in [-0.3, -0.25) is 19.3 Å². The summed E-state index contributed by atoms with van der Waals surface area (Å²) >= 11 is 7.82. The molecule has 1 amide bonds. The first kappa shape index (κ1) is 23.0. The average Bonchev–Trinajstić information content (AvgIpc) is 3.46. The molecule has 32 heavy (non-hydrogen) atoms. The molecule has 172 valence electrons. The van der Waals surface area contributed by atoms with E-state index in [9.17, 15) is 4.79 Å². The third kappa shape index (κ3) is 4.91. The van der Waals surface area contributed by atoms with Crippen LogP contribution in [0.4, 0.5) is 5.13 Å². The van der Waals surface area contributed by atoms with Crippen LogP contribution in [0.15, 0.2) is 24.4 Å². The number of ether oxygens (including phenoxy) is 2. The maximum Gasteiger partial charge on any atom is 0.280 e. The normalized spacial score (nSPS) is 14.9. The summed E-state index contributed by atoms with van der Waals surface area (Å²) in [5.74, 6) is 0.470. The summed E-state index contributed by atoms with van der Waals surface area (Å²) < 4.78 is 13.5. The van der Waals surface area contributed by atoms with Crippen LogP contribution in [0.25, 0.3) is 10.2 Å². The van der Waals surface area contributed by atoms with Gasteiger partial charge in [-0.05, 0) is 38.5 Å². The van der Waals surface area contributed by atoms with E-state index in [2.05, 4.69) is 10.00 Å². The molecule has 0 spiro atoms. The highest BCUT2D eigenvalue weighted by Crippen LogP contribution is 2.39. The van der Waals surface area contributed by atoms with Gasteiger partial charge in [-0.1, -0.05) is 22.9 Å². The van der Waals surface area contributed by atoms with Gasteiger partial charge in [0.25, 0.3) is 5.91 Å². The Labute approximate surface area is 196 Å². The molecule has 8 nitrogen and oxygen atoms in total. The van der Waals surface area contributed by atoms with Crippen molar-refractivity contribution in [3.05, 3.63) is 35.1 Å². The van der Waals surface area contributed by atoms with Crippen LogP contribution in [0.1, 0.15) is 36.8 Å². The van der Waals surface area contributed by atoms with Gasteiger partial charge in [-0.2, -0.15) is 5.10 Å². The van der Waals surface area contributed by atoms with E-state index in [4.69, 9.17) is 26.1 Å². The molecule has 1 aromatic carbocycles. The number of carbonyl (C=O) groups excluding carboxylic acids is 1. The third-order valence-electron chi connectivity index (χ3n) is 5.46. The first-order chi connectivity index (χ1) is 15.5. The van der Waals surface area contributed by atoms with Crippen LogP contribution in [0.3, 0.4) is 0 Å². The van der Waals surface area contributed by atoms with Crippen LogP contribution < -0.4 is 9.64 Å². The summed E-state index contributed by atoms with van der Waals surface area (Å²) in [6.07, 6.45) is 2.65. The zero-order chi connectivity index (χ0) is 22.7. The molecule has 0 N–H and O–H groups in total. The van der Waals surface area contributed by atoms with Crippen molar-refractivity contribution in [2.45, 2.75) is 26.3 Å². The molecule has 0 atom stereocenters. The van der Waals surface area contributed by atoms with Crippen LogP contribution >= 0.6 is 22.9 Å². The second kappa shape index (κ2) is 10.2. The van der Waals surface area contributed by atoms with Crippen LogP contribution in [-0.2, 0) is 4.74 Å². The molecule has 0 unspecified atom stereocenters. The summed E-state index contributed by atoms with van der Waals surface area (Å²) in [7, 11) is 1.60. The van der Waals surface area contributed by atoms with E-state index in [0.717, 1.165) is 44.0 Å². The van der Waals surface area contributed by atoms with Crippen molar-refractivity contribution < 1.29 is 14.3 Å². The van der Waals surface area contributed by atoms with Gasteiger partial charge in [-0.25, -0.2) is 4.98 Å². The third-order valence-corrected chi connectivity index (χ3v) is 7.00. The molecule has 1 fully saturated rings. The number of rotatable bonds is 8. The lowest BCUT2D eigenvalue weighted by atomic mass is 10.3. The highest BCUT2D eigenvalue weighted by Gasteiger charge is 2.25. The maximum atomic E-state index is 13.5. The minimum Gasteiger partial charge on any atom is -0.494 e. The highest BCUT2D eigenvalue weighted by molar-refractivity contribution is 7.23. The van der Waals surface area contributed by atoms with Crippen molar-refractivity contribution in [1.82, 2.24) is 19.7 Å². The SMILES string of the molecule is COc1ccc(Cl)c2sc(N(CCCN3CCOCC3)C(=O)c3ccn(C(C)C)n3)nc12.